The first-order valence-corrected chi connectivity index (χ1v) is 7.45. The summed E-state index contributed by atoms with van der Waals surface area (Å²) < 4.78 is 24.1. The summed E-state index contributed by atoms with van der Waals surface area (Å²) >= 11 is 0. The van der Waals surface area contributed by atoms with Gasteiger partial charge in [0.15, 0.2) is 9.84 Å². The van der Waals surface area contributed by atoms with Gasteiger partial charge < -0.3 is 11.1 Å². The van der Waals surface area contributed by atoms with Crippen LogP contribution in [0.1, 0.15) is 20.3 Å². The number of rotatable bonds is 6. The van der Waals surface area contributed by atoms with E-state index in [1.165, 1.54) is 0 Å². The molecule has 1 aromatic rings. The van der Waals surface area contributed by atoms with Crippen LogP contribution >= 0.6 is 0 Å². The summed E-state index contributed by atoms with van der Waals surface area (Å²) in [6, 6.07) is 7.01. The van der Waals surface area contributed by atoms with Crippen molar-refractivity contribution in [2.45, 2.75) is 31.2 Å². The quantitative estimate of drug-likeness (QED) is 0.811. The minimum Gasteiger partial charge on any atom is -0.380 e. The highest BCUT2D eigenvalue weighted by Gasteiger charge is 2.17. The van der Waals surface area contributed by atoms with Gasteiger partial charge in [0.05, 0.1) is 16.3 Å². The maximum Gasteiger partial charge on any atom is 0.180 e. The number of sulfone groups is 1. The zero-order valence-corrected chi connectivity index (χ0v) is 11.1. The van der Waals surface area contributed by atoms with Gasteiger partial charge in [0.1, 0.15) is 0 Å². The molecule has 96 valence electrons. The normalized spacial score (nSPS) is 13.4. The van der Waals surface area contributed by atoms with Crippen molar-refractivity contribution in [3.63, 3.8) is 0 Å². The van der Waals surface area contributed by atoms with Gasteiger partial charge in [-0.15, -0.1) is 0 Å². The molecule has 1 rings (SSSR count). The molecule has 0 saturated carbocycles. The molecule has 1 aromatic carbocycles. The summed E-state index contributed by atoms with van der Waals surface area (Å²) in [6.07, 6.45) is 0.614. The summed E-state index contributed by atoms with van der Waals surface area (Å²) in [5.74, 6) is 0.169. The molecule has 0 amide bonds. The van der Waals surface area contributed by atoms with E-state index in [0.29, 0.717) is 23.5 Å². The van der Waals surface area contributed by atoms with E-state index in [0.717, 1.165) is 0 Å². The van der Waals surface area contributed by atoms with Gasteiger partial charge in [-0.2, -0.15) is 0 Å². The first kappa shape index (κ1) is 14.0. The molecule has 0 aromatic heterocycles. The summed E-state index contributed by atoms with van der Waals surface area (Å²) in [7, 11) is -3.20. The van der Waals surface area contributed by atoms with Crippen LogP contribution in [0.3, 0.4) is 0 Å². The van der Waals surface area contributed by atoms with E-state index in [4.69, 9.17) is 5.73 Å². The Balaban J connectivity index is 3.08. The van der Waals surface area contributed by atoms with Crippen molar-refractivity contribution in [2.75, 3.05) is 17.6 Å². The smallest absolute Gasteiger partial charge is 0.180 e. The van der Waals surface area contributed by atoms with Gasteiger partial charge in [0.2, 0.25) is 0 Å². The predicted molar refractivity (Wildman–Crippen MR) is 70.9 cm³/mol. The molecular weight excluding hydrogens is 236 g/mol. The van der Waals surface area contributed by atoms with Crippen molar-refractivity contribution >= 4 is 15.5 Å². The number of nitrogens with one attached hydrogen (secondary N) is 1. The third-order valence-electron chi connectivity index (χ3n) is 2.45. The van der Waals surface area contributed by atoms with Crippen molar-refractivity contribution in [2.24, 2.45) is 5.73 Å². The van der Waals surface area contributed by atoms with E-state index in [1.807, 2.05) is 19.9 Å². The highest BCUT2D eigenvalue weighted by Crippen LogP contribution is 2.23. The Labute approximate surface area is 103 Å². The third-order valence-corrected chi connectivity index (χ3v) is 4.42. The SMILES string of the molecule is CCCS(=O)(=O)c1ccccc1NC(C)CN. The van der Waals surface area contributed by atoms with Crippen LogP contribution in [0.4, 0.5) is 5.69 Å². The summed E-state index contributed by atoms with van der Waals surface area (Å²) in [5, 5.41) is 3.12. The highest BCUT2D eigenvalue weighted by molar-refractivity contribution is 7.91. The summed E-state index contributed by atoms with van der Waals surface area (Å²) in [5.41, 5.74) is 6.16. The van der Waals surface area contributed by atoms with E-state index in [9.17, 15) is 8.42 Å². The molecule has 0 aliphatic rings. The molecule has 0 heterocycles. The Kier molecular flexibility index (Phi) is 4.96. The monoisotopic (exact) mass is 256 g/mol. The molecule has 0 radical (unpaired) electrons. The third kappa shape index (κ3) is 3.71. The van der Waals surface area contributed by atoms with Crippen LogP contribution in [0.15, 0.2) is 29.2 Å². The fourth-order valence-electron chi connectivity index (χ4n) is 1.56. The van der Waals surface area contributed by atoms with Crippen LogP contribution in [0.2, 0.25) is 0 Å². The van der Waals surface area contributed by atoms with Crippen LogP contribution in [-0.4, -0.2) is 26.8 Å². The standard InChI is InChI=1S/C12H20N2O2S/c1-3-8-17(15,16)12-7-5-4-6-11(12)14-10(2)9-13/h4-7,10,14H,3,8-9,13H2,1-2H3. The largest absolute Gasteiger partial charge is 0.380 e. The Morgan fingerprint density at radius 1 is 1.35 bits per heavy atom. The molecule has 0 saturated heterocycles. The van der Waals surface area contributed by atoms with E-state index < -0.39 is 9.84 Å². The molecular formula is C12H20N2O2S. The molecule has 0 fully saturated rings. The van der Waals surface area contributed by atoms with Crippen molar-refractivity contribution in [3.8, 4) is 0 Å². The highest BCUT2D eigenvalue weighted by atomic mass is 32.2. The Morgan fingerprint density at radius 2 is 2.00 bits per heavy atom. The Hall–Kier alpha value is -1.07. The minimum atomic E-state index is -3.20. The molecule has 1 atom stereocenters. The second-order valence-corrected chi connectivity index (χ2v) is 6.17. The molecule has 0 spiro atoms. The van der Waals surface area contributed by atoms with Gasteiger partial charge in [-0.1, -0.05) is 19.1 Å². The summed E-state index contributed by atoms with van der Waals surface area (Å²) in [4.78, 5) is 0.363. The molecule has 0 aliphatic carbocycles. The van der Waals surface area contributed by atoms with E-state index in [2.05, 4.69) is 5.32 Å². The van der Waals surface area contributed by atoms with Gasteiger partial charge in [0, 0.05) is 12.6 Å². The molecule has 3 N–H and O–H groups in total. The zero-order valence-electron chi connectivity index (χ0n) is 10.3. The van der Waals surface area contributed by atoms with Crippen LogP contribution in [-0.2, 0) is 9.84 Å². The maximum absolute atomic E-state index is 12.1. The van der Waals surface area contributed by atoms with Crippen LogP contribution < -0.4 is 11.1 Å². The number of nitrogens with two attached hydrogens (primary N) is 1. The zero-order chi connectivity index (χ0) is 12.9. The lowest BCUT2D eigenvalue weighted by molar-refractivity contribution is 0.595. The second-order valence-electron chi connectivity index (χ2n) is 4.10. The van der Waals surface area contributed by atoms with E-state index in [1.54, 1.807) is 18.2 Å². The lowest BCUT2D eigenvalue weighted by Gasteiger charge is -2.16. The Bertz CT molecular complexity index is 457. The topological polar surface area (TPSA) is 72.2 Å². The van der Waals surface area contributed by atoms with E-state index >= 15 is 0 Å². The number of benzene rings is 1. The average molecular weight is 256 g/mol. The number of para-hydroxylation sites is 1. The second kappa shape index (κ2) is 6.02. The van der Waals surface area contributed by atoms with Gasteiger partial charge >= 0.3 is 0 Å². The molecule has 1 unspecified atom stereocenters. The van der Waals surface area contributed by atoms with Gasteiger partial charge in [-0.3, -0.25) is 0 Å². The van der Waals surface area contributed by atoms with Crippen molar-refractivity contribution < 1.29 is 8.42 Å². The van der Waals surface area contributed by atoms with Crippen LogP contribution in [0.25, 0.3) is 0 Å². The van der Waals surface area contributed by atoms with Crippen LogP contribution in [0, 0.1) is 0 Å². The number of hydrogen-bond acceptors (Lipinski definition) is 4. The van der Waals surface area contributed by atoms with Gasteiger partial charge in [-0.05, 0) is 25.5 Å². The minimum absolute atomic E-state index is 0.0491. The van der Waals surface area contributed by atoms with Crippen molar-refractivity contribution in [1.29, 1.82) is 0 Å². The fourth-order valence-corrected chi connectivity index (χ4v) is 3.07. The number of anilines is 1. The predicted octanol–water partition coefficient (Wildman–Crippen LogP) is 1.63. The first-order chi connectivity index (χ1) is 8.01. The summed E-state index contributed by atoms with van der Waals surface area (Å²) in [6.45, 7) is 4.24. The molecule has 0 bridgehead atoms. The lowest BCUT2D eigenvalue weighted by atomic mass is 10.2. The fraction of sp³-hybridized carbons (Fsp3) is 0.500. The van der Waals surface area contributed by atoms with E-state index in [-0.39, 0.29) is 11.8 Å². The van der Waals surface area contributed by atoms with Crippen molar-refractivity contribution in [3.05, 3.63) is 24.3 Å². The molecule has 17 heavy (non-hydrogen) atoms. The first-order valence-electron chi connectivity index (χ1n) is 5.79. The lowest BCUT2D eigenvalue weighted by Crippen LogP contribution is -2.26. The van der Waals surface area contributed by atoms with Gasteiger partial charge in [0.25, 0.3) is 0 Å². The van der Waals surface area contributed by atoms with Crippen LogP contribution in [0.5, 0.6) is 0 Å². The molecule has 4 nitrogen and oxygen atoms in total. The number of hydrogen-bond donors (Lipinski definition) is 2. The molecule has 5 heteroatoms. The maximum atomic E-state index is 12.1. The molecule has 0 aliphatic heterocycles. The Morgan fingerprint density at radius 3 is 2.59 bits per heavy atom. The van der Waals surface area contributed by atoms with Gasteiger partial charge in [-0.25, -0.2) is 8.42 Å². The van der Waals surface area contributed by atoms with Crippen molar-refractivity contribution in [1.82, 2.24) is 0 Å². The average Bonchev–Trinajstić information content (AvgIpc) is 2.29.